The van der Waals surface area contributed by atoms with Gasteiger partial charge in [0.1, 0.15) is 6.01 Å². The molecule has 2 heterocycles. The van der Waals surface area contributed by atoms with Crippen molar-refractivity contribution in [2.24, 2.45) is 0 Å². The smallest absolute Gasteiger partial charge is 0.139 e. The van der Waals surface area contributed by atoms with Gasteiger partial charge in [-0.1, -0.05) is 17.8 Å². The van der Waals surface area contributed by atoms with Gasteiger partial charge in [0.25, 0.3) is 0 Å². The Morgan fingerprint density at radius 3 is 3.25 bits per heavy atom. The van der Waals surface area contributed by atoms with Gasteiger partial charge in [-0.3, -0.25) is 0 Å². The molecule has 0 unspecified atom stereocenters. The van der Waals surface area contributed by atoms with Crippen molar-refractivity contribution in [1.29, 1.82) is 0 Å². The first-order valence-electron chi connectivity index (χ1n) is 8.47. The summed E-state index contributed by atoms with van der Waals surface area (Å²) >= 11 is 1.19. The van der Waals surface area contributed by atoms with Crippen molar-refractivity contribution in [3.63, 3.8) is 0 Å². The number of nitrogens with one attached hydrogen (secondary N) is 1. The fourth-order valence-corrected chi connectivity index (χ4v) is 3.80. The predicted octanol–water partition coefficient (Wildman–Crippen LogP) is 4.13. The van der Waals surface area contributed by atoms with Gasteiger partial charge >= 0.3 is 0 Å². The molecule has 2 nitrogen and oxygen atoms in total. The number of aromatic nitrogens is 1. The molecular weight excluding hydrogens is 271 g/mol. The third-order valence-corrected chi connectivity index (χ3v) is 4.89. The Hall–Kier alpha value is -1.000. The second kappa shape index (κ2) is 5.78. The SMILES string of the molecule is [2H]C([2H])([2H])N1CCC[C@@H]1Cc1c(C)[nH]c2cccc(SCF)c12. The van der Waals surface area contributed by atoms with Crippen molar-refractivity contribution in [2.45, 2.75) is 37.1 Å². The molecule has 1 atom stereocenters. The van der Waals surface area contributed by atoms with E-state index < -0.39 is 13.0 Å². The van der Waals surface area contributed by atoms with E-state index in [1.165, 1.54) is 11.8 Å². The lowest BCUT2D eigenvalue weighted by molar-refractivity contribution is 0.309. The zero-order chi connectivity index (χ0) is 16.6. The average molecular weight is 295 g/mol. The maximum atomic E-state index is 12.8. The van der Waals surface area contributed by atoms with E-state index in [-0.39, 0.29) is 6.04 Å². The monoisotopic (exact) mass is 295 g/mol. The second-order valence-corrected chi connectivity index (χ2v) is 6.30. The number of aryl methyl sites for hydroxylation is 1. The maximum absolute atomic E-state index is 12.8. The first kappa shape index (κ1) is 10.7. The normalized spacial score (nSPS) is 22.9. The number of aromatic amines is 1. The van der Waals surface area contributed by atoms with Crippen molar-refractivity contribution < 1.29 is 8.50 Å². The largest absolute Gasteiger partial charge is 0.358 e. The predicted molar refractivity (Wildman–Crippen MR) is 84.2 cm³/mol. The van der Waals surface area contributed by atoms with Crippen LogP contribution in [-0.2, 0) is 6.42 Å². The maximum Gasteiger partial charge on any atom is 0.139 e. The van der Waals surface area contributed by atoms with E-state index in [1.54, 1.807) is 4.90 Å². The van der Waals surface area contributed by atoms with Crippen LogP contribution >= 0.6 is 11.8 Å². The Kier molecular flexibility index (Phi) is 3.09. The van der Waals surface area contributed by atoms with Gasteiger partial charge in [0.2, 0.25) is 0 Å². The molecule has 0 bridgehead atoms. The molecule has 0 saturated carbocycles. The highest BCUT2D eigenvalue weighted by atomic mass is 32.2. The first-order chi connectivity index (χ1) is 10.9. The number of alkyl halides is 1. The molecule has 1 fully saturated rings. The number of likely N-dealkylation sites (N-methyl/N-ethyl adjacent to an activating group) is 1. The van der Waals surface area contributed by atoms with Crippen LogP contribution in [0, 0.1) is 6.92 Å². The molecule has 1 N–H and O–H groups in total. The van der Waals surface area contributed by atoms with E-state index in [0.717, 1.165) is 39.9 Å². The summed E-state index contributed by atoms with van der Waals surface area (Å²) in [6, 6.07) is 5.39. The molecular formula is C16H21FN2S. The van der Waals surface area contributed by atoms with E-state index in [2.05, 4.69) is 4.98 Å². The summed E-state index contributed by atoms with van der Waals surface area (Å²) in [6.07, 6.45) is 2.49. The Labute approximate surface area is 127 Å². The van der Waals surface area contributed by atoms with Crippen molar-refractivity contribution in [3.8, 4) is 0 Å². The van der Waals surface area contributed by atoms with Crippen LogP contribution in [0.25, 0.3) is 10.9 Å². The van der Waals surface area contributed by atoms with Crippen LogP contribution in [0.5, 0.6) is 0 Å². The van der Waals surface area contributed by atoms with Crippen LogP contribution in [0.1, 0.15) is 28.2 Å². The van der Waals surface area contributed by atoms with Crippen LogP contribution in [0.3, 0.4) is 0 Å². The molecule has 0 amide bonds. The molecule has 4 heteroatoms. The van der Waals surface area contributed by atoms with Crippen LogP contribution in [0.15, 0.2) is 23.1 Å². The molecule has 3 rings (SSSR count). The minimum atomic E-state index is -2.04. The van der Waals surface area contributed by atoms with Crippen molar-refractivity contribution >= 4 is 22.7 Å². The second-order valence-electron chi connectivity index (χ2n) is 5.35. The molecule has 0 aliphatic carbocycles. The highest BCUT2D eigenvalue weighted by molar-refractivity contribution is 7.99. The Morgan fingerprint density at radius 2 is 2.45 bits per heavy atom. The molecule has 1 aliphatic heterocycles. The molecule has 1 aromatic heterocycles. The van der Waals surface area contributed by atoms with E-state index in [9.17, 15) is 4.39 Å². The zero-order valence-corrected chi connectivity index (χ0v) is 12.4. The minimum Gasteiger partial charge on any atom is -0.358 e. The van der Waals surface area contributed by atoms with Gasteiger partial charge in [-0.15, -0.1) is 0 Å². The molecule has 2 aromatic rings. The summed E-state index contributed by atoms with van der Waals surface area (Å²) in [4.78, 5) is 5.91. The molecule has 1 aromatic carbocycles. The topological polar surface area (TPSA) is 19.0 Å². The van der Waals surface area contributed by atoms with E-state index in [1.807, 2.05) is 25.1 Å². The quantitative estimate of drug-likeness (QED) is 0.855. The Morgan fingerprint density at radius 1 is 1.55 bits per heavy atom. The van der Waals surface area contributed by atoms with Crippen LogP contribution in [0.2, 0.25) is 0 Å². The number of halogens is 1. The van der Waals surface area contributed by atoms with Crippen LogP contribution in [0.4, 0.5) is 4.39 Å². The highest BCUT2D eigenvalue weighted by Crippen LogP contribution is 2.34. The lowest BCUT2D eigenvalue weighted by Gasteiger charge is -2.19. The Bertz CT molecular complexity index is 698. The molecule has 0 radical (unpaired) electrons. The van der Waals surface area contributed by atoms with Gasteiger partial charge in [-0.05, 0) is 57.4 Å². The lowest BCUT2D eigenvalue weighted by atomic mass is 10.0. The third kappa shape index (κ3) is 2.47. The van der Waals surface area contributed by atoms with E-state index in [0.29, 0.717) is 13.0 Å². The molecule has 20 heavy (non-hydrogen) atoms. The lowest BCUT2D eigenvalue weighted by Crippen LogP contribution is -2.27. The summed E-state index contributed by atoms with van der Waals surface area (Å²) in [5.74, 6) is 0. The number of rotatable bonds is 4. The number of nitrogens with zero attached hydrogens (tertiary/aromatic N) is 1. The fourth-order valence-electron chi connectivity index (χ4n) is 3.13. The number of H-pyrrole nitrogens is 1. The van der Waals surface area contributed by atoms with Crippen LogP contribution < -0.4 is 0 Å². The van der Waals surface area contributed by atoms with Gasteiger partial charge in [-0.25, -0.2) is 4.39 Å². The van der Waals surface area contributed by atoms with Gasteiger partial charge in [0.15, 0.2) is 0 Å². The fraction of sp³-hybridized carbons (Fsp3) is 0.500. The summed E-state index contributed by atoms with van der Waals surface area (Å²) in [5, 5.41) is 1.05. The number of fused-ring (bicyclic) bond motifs is 1. The minimum absolute atomic E-state index is 0.0173. The highest BCUT2D eigenvalue weighted by Gasteiger charge is 2.24. The summed E-state index contributed by atoms with van der Waals surface area (Å²) < 4.78 is 36.0. The number of benzene rings is 1. The van der Waals surface area contributed by atoms with E-state index >= 15 is 0 Å². The zero-order valence-electron chi connectivity index (χ0n) is 14.6. The number of thioether (sulfide) groups is 1. The standard InChI is InChI=1S/C16H21FN2S/c1-11-13(9-12-5-4-8-19(12)2)16-14(18-11)6-3-7-15(16)20-10-17/h3,6-7,12,18H,4-5,8-10H2,1-2H3/t12-/m1/s1/i2D3. The van der Waals surface area contributed by atoms with Crippen LogP contribution in [-0.4, -0.2) is 35.5 Å². The van der Waals surface area contributed by atoms with Gasteiger partial charge in [-0.2, -0.15) is 0 Å². The van der Waals surface area contributed by atoms with Crippen molar-refractivity contribution in [3.05, 3.63) is 29.5 Å². The third-order valence-electron chi connectivity index (χ3n) is 4.13. The number of hydrogen-bond acceptors (Lipinski definition) is 2. The molecule has 0 spiro atoms. The average Bonchev–Trinajstić information content (AvgIpc) is 3.05. The van der Waals surface area contributed by atoms with Gasteiger partial charge in [0.05, 0.1) is 0 Å². The number of likely N-dealkylation sites (tertiary alicyclic amines) is 1. The van der Waals surface area contributed by atoms with Gasteiger partial charge in [0, 0.05) is 31.6 Å². The first-order valence-corrected chi connectivity index (χ1v) is 7.96. The Balaban J connectivity index is 1.98. The number of hydrogen-bond donors (Lipinski definition) is 1. The molecule has 1 saturated heterocycles. The van der Waals surface area contributed by atoms with E-state index in [4.69, 9.17) is 4.11 Å². The molecule has 108 valence electrons. The van der Waals surface area contributed by atoms with Crippen molar-refractivity contribution in [1.82, 2.24) is 9.88 Å². The summed E-state index contributed by atoms with van der Waals surface area (Å²) in [6.45, 7) is 0.584. The van der Waals surface area contributed by atoms with Crippen molar-refractivity contribution in [2.75, 3.05) is 19.5 Å². The summed E-state index contributed by atoms with van der Waals surface area (Å²) in [7, 11) is 0. The van der Waals surface area contributed by atoms with Gasteiger partial charge < -0.3 is 9.88 Å². The summed E-state index contributed by atoms with van der Waals surface area (Å²) in [5.41, 5.74) is 3.16. The molecule has 1 aliphatic rings.